The summed E-state index contributed by atoms with van der Waals surface area (Å²) in [5, 5.41) is 0. The summed E-state index contributed by atoms with van der Waals surface area (Å²) in [7, 11) is 0. The Morgan fingerprint density at radius 2 is 2.00 bits per heavy atom. The van der Waals surface area contributed by atoms with Crippen LogP contribution in [-0.4, -0.2) is 22.6 Å². The molecule has 0 fully saturated rings. The molecule has 0 saturated carbocycles. The Bertz CT molecular complexity index is 502. The van der Waals surface area contributed by atoms with E-state index in [1.165, 1.54) is 6.20 Å². The number of ether oxygens (including phenoxy) is 1. The molecule has 6 nitrogen and oxygen atoms in total. The van der Waals surface area contributed by atoms with Crippen molar-refractivity contribution in [2.24, 2.45) is 0 Å². The minimum atomic E-state index is -0.814. The maximum absolute atomic E-state index is 13.2. The second kappa shape index (κ2) is 5.96. The third-order valence-electron chi connectivity index (χ3n) is 1.74. The van der Waals surface area contributed by atoms with E-state index in [-0.39, 0.29) is 10.2 Å². The van der Waals surface area contributed by atoms with Crippen molar-refractivity contribution in [1.82, 2.24) is 15.8 Å². The van der Waals surface area contributed by atoms with Gasteiger partial charge in [0.2, 0.25) is 0 Å². The van der Waals surface area contributed by atoms with Gasteiger partial charge in [-0.25, -0.2) is 19.6 Å². The number of carbonyl (C=O) groups is 2. The molecule has 104 valence electrons. The van der Waals surface area contributed by atoms with Gasteiger partial charge in [0.05, 0.1) is 5.56 Å². The van der Waals surface area contributed by atoms with Crippen LogP contribution in [-0.2, 0) is 4.74 Å². The Balaban J connectivity index is 2.56. The van der Waals surface area contributed by atoms with Gasteiger partial charge in [0, 0.05) is 6.20 Å². The molecular formula is C11H13BrFN3O3. The minimum absolute atomic E-state index is 0.00384. The first kappa shape index (κ1) is 15.4. The first-order valence-corrected chi connectivity index (χ1v) is 6.09. The lowest BCUT2D eigenvalue weighted by Gasteiger charge is -2.19. The van der Waals surface area contributed by atoms with Crippen LogP contribution >= 0.6 is 15.9 Å². The average Bonchev–Trinajstić information content (AvgIpc) is 2.27. The van der Waals surface area contributed by atoms with Gasteiger partial charge < -0.3 is 4.74 Å². The summed E-state index contributed by atoms with van der Waals surface area (Å²) in [6.07, 6.45) is 0.352. The van der Waals surface area contributed by atoms with Crippen molar-refractivity contribution >= 4 is 27.9 Å². The van der Waals surface area contributed by atoms with E-state index < -0.39 is 23.4 Å². The zero-order valence-electron chi connectivity index (χ0n) is 10.6. The standard InChI is InChI=1S/C11H13BrFN3O3/c1-11(2,3)19-10(18)16-15-9(17)6-4-7(13)8(12)14-5-6/h4-5H,1-3H3,(H,15,17)(H,16,18). The smallest absolute Gasteiger partial charge is 0.426 e. The van der Waals surface area contributed by atoms with Crippen molar-refractivity contribution in [3.8, 4) is 0 Å². The van der Waals surface area contributed by atoms with Crippen LogP contribution in [0.15, 0.2) is 16.9 Å². The van der Waals surface area contributed by atoms with Crippen LogP contribution < -0.4 is 10.9 Å². The Morgan fingerprint density at radius 3 is 2.53 bits per heavy atom. The molecule has 8 heteroatoms. The molecule has 1 rings (SSSR count). The predicted octanol–water partition coefficient (Wildman–Crippen LogP) is 2.15. The summed E-state index contributed by atoms with van der Waals surface area (Å²) in [4.78, 5) is 26.5. The van der Waals surface area contributed by atoms with Gasteiger partial charge in [-0.1, -0.05) is 0 Å². The third kappa shape index (κ3) is 5.21. The number of aromatic nitrogens is 1. The minimum Gasteiger partial charge on any atom is -0.443 e. The molecule has 0 aliphatic rings. The third-order valence-corrected chi connectivity index (χ3v) is 2.32. The van der Waals surface area contributed by atoms with Crippen LogP contribution in [0.5, 0.6) is 0 Å². The molecule has 1 heterocycles. The Labute approximate surface area is 117 Å². The van der Waals surface area contributed by atoms with E-state index in [1.807, 2.05) is 5.43 Å². The fourth-order valence-electron chi connectivity index (χ4n) is 1.03. The van der Waals surface area contributed by atoms with Gasteiger partial charge in [0.25, 0.3) is 5.91 Å². The number of halogens is 2. The lowest BCUT2D eigenvalue weighted by molar-refractivity contribution is 0.0483. The number of nitrogens with one attached hydrogen (secondary N) is 2. The quantitative estimate of drug-likeness (QED) is 0.609. The molecule has 0 unspecified atom stereocenters. The molecule has 0 spiro atoms. The van der Waals surface area contributed by atoms with Gasteiger partial charge in [0.1, 0.15) is 10.2 Å². The lowest BCUT2D eigenvalue weighted by Crippen LogP contribution is -2.44. The van der Waals surface area contributed by atoms with E-state index in [2.05, 4.69) is 26.3 Å². The van der Waals surface area contributed by atoms with E-state index in [1.54, 1.807) is 20.8 Å². The van der Waals surface area contributed by atoms with Gasteiger partial charge in [-0.3, -0.25) is 10.2 Å². The molecule has 0 radical (unpaired) electrons. The van der Waals surface area contributed by atoms with Crippen LogP contribution in [0.1, 0.15) is 31.1 Å². The largest absolute Gasteiger partial charge is 0.443 e. The van der Waals surface area contributed by atoms with Crippen molar-refractivity contribution in [2.45, 2.75) is 26.4 Å². The summed E-state index contributed by atoms with van der Waals surface area (Å²) >= 11 is 2.87. The average molecular weight is 334 g/mol. The molecule has 0 aliphatic heterocycles. The fraction of sp³-hybridized carbons (Fsp3) is 0.364. The number of rotatable bonds is 1. The van der Waals surface area contributed by atoms with Crippen molar-refractivity contribution in [2.75, 3.05) is 0 Å². The summed E-state index contributed by atoms with van der Waals surface area (Å²) in [6.45, 7) is 5.05. The van der Waals surface area contributed by atoms with E-state index >= 15 is 0 Å². The van der Waals surface area contributed by atoms with Gasteiger partial charge in [-0.2, -0.15) is 0 Å². The summed E-state index contributed by atoms with van der Waals surface area (Å²) in [6, 6.07) is 0.989. The van der Waals surface area contributed by atoms with Crippen LogP contribution in [0.4, 0.5) is 9.18 Å². The molecule has 1 aromatic heterocycles. The highest BCUT2D eigenvalue weighted by Crippen LogP contribution is 2.12. The Hall–Kier alpha value is -1.70. The Morgan fingerprint density at radius 1 is 1.37 bits per heavy atom. The van der Waals surface area contributed by atoms with Crippen molar-refractivity contribution in [1.29, 1.82) is 0 Å². The normalized spacial score (nSPS) is 10.8. The van der Waals surface area contributed by atoms with E-state index in [4.69, 9.17) is 4.74 Å². The zero-order valence-corrected chi connectivity index (χ0v) is 12.2. The first-order chi connectivity index (χ1) is 8.69. The second-order valence-electron chi connectivity index (χ2n) is 4.58. The number of amides is 2. The number of hydrazine groups is 1. The summed E-state index contributed by atoms with van der Waals surface area (Å²) in [5.74, 6) is -1.38. The topological polar surface area (TPSA) is 80.3 Å². The molecule has 0 aliphatic carbocycles. The van der Waals surface area contributed by atoms with Gasteiger partial charge in [-0.15, -0.1) is 0 Å². The summed E-state index contributed by atoms with van der Waals surface area (Å²) < 4.78 is 18.1. The van der Waals surface area contributed by atoms with Crippen LogP contribution in [0.25, 0.3) is 0 Å². The van der Waals surface area contributed by atoms with E-state index in [9.17, 15) is 14.0 Å². The molecule has 0 saturated heterocycles. The fourth-order valence-corrected chi connectivity index (χ4v) is 1.25. The number of hydrogen-bond acceptors (Lipinski definition) is 4. The predicted molar refractivity (Wildman–Crippen MR) is 68.7 cm³/mol. The molecule has 0 bridgehead atoms. The highest BCUT2D eigenvalue weighted by atomic mass is 79.9. The lowest BCUT2D eigenvalue weighted by atomic mass is 10.2. The van der Waals surface area contributed by atoms with Crippen LogP contribution in [0.2, 0.25) is 0 Å². The van der Waals surface area contributed by atoms with Crippen LogP contribution in [0, 0.1) is 5.82 Å². The van der Waals surface area contributed by atoms with Crippen LogP contribution in [0.3, 0.4) is 0 Å². The molecular weight excluding hydrogens is 321 g/mol. The van der Waals surface area contributed by atoms with E-state index in [0.29, 0.717) is 0 Å². The number of nitrogens with zero attached hydrogens (tertiary/aromatic N) is 1. The summed E-state index contributed by atoms with van der Waals surface area (Å²) in [5.41, 5.74) is 3.42. The van der Waals surface area contributed by atoms with Crippen molar-refractivity contribution in [3.63, 3.8) is 0 Å². The first-order valence-electron chi connectivity index (χ1n) is 5.29. The SMILES string of the molecule is CC(C)(C)OC(=O)NNC(=O)c1cnc(Br)c(F)c1. The van der Waals surface area contributed by atoms with Gasteiger partial charge in [-0.05, 0) is 42.8 Å². The maximum atomic E-state index is 13.2. The maximum Gasteiger partial charge on any atom is 0.426 e. The number of hydrogen-bond donors (Lipinski definition) is 2. The molecule has 19 heavy (non-hydrogen) atoms. The van der Waals surface area contributed by atoms with Gasteiger partial charge >= 0.3 is 6.09 Å². The number of pyridine rings is 1. The number of carbonyl (C=O) groups excluding carboxylic acids is 2. The highest BCUT2D eigenvalue weighted by Gasteiger charge is 2.17. The zero-order chi connectivity index (χ0) is 14.6. The molecule has 1 aromatic rings. The monoisotopic (exact) mass is 333 g/mol. The van der Waals surface area contributed by atoms with Gasteiger partial charge in [0.15, 0.2) is 5.82 Å². The molecule has 0 atom stereocenters. The van der Waals surface area contributed by atoms with Crippen molar-refractivity contribution in [3.05, 3.63) is 28.2 Å². The highest BCUT2D eigenvalue weighted by molar-refractivity contribution is 9.10. The van der Waals surface area contributed by atoms with E-state index in [0.717, 1.165) is 6.07 Å². The molecule has 0 aromatic carbocycles. The Kier molecular flexibility index (Phi) is 4.82. The molecule has 2 amide bonds. The molecule has 2 N–H and O–H groups in total. The van der Waals surface area contributed by atoms with Crippen molar-refractivity contribution < 1.29 is 18.7 Å². The second-order valence-corrected chi connectivity index (χ2v) is 5.33.